The van der Waals surface area contributed by atoms with E-state index in [1.54, 1.807) is 22.7 Å². The summed E-state index contributed by atoms with van der Waals surface area (Å²) in [5.74, 6) is 0. The minimum absolute atomic E-state index is 0.727. The van der Waals surface area contributed by atoms with E-state index in [4.69, 9.17) is 0 Å². The first-order valence-electron chi connectivity index (χ1n) is 4.98. The Morgan fingerprint density at radius 2 is 2.29 bits per heavy atom. The minimum Gasteiger partial charge on any atom is -0.356 e. The lowest BCUT2D eigenvalue weighted by Gasteiger charge is -1.97. The molecule has 0 saturated heterocycles. The SMILES string of the molecule is Brc1ccc2sc(NCc3cscn3)nc2c1. The van der Waals surface area contributed by atoms with Gasteiger partial charge in [-0.2, -0.15) is 0 Å². The maximum atomic E-state index is 4.53. The molecule has 0 aliphatic carbocycles. The van der Waals surface area contributed by atoms with Crippen molar-refractivity contribution in [3.63, 3.8) is 0 Å². The smallest absolute Gasteiger partial charge is 0.184 e. The summed E-state index contributed by atoms with van der Waals surface area (Å²) in [7, 11) is 0. The average molecular weight is 326 g/mol. The first-order valence-corrected chi connectivity index (χ1v) is 7.53. The number of nitrogens with zero attached hydrogens (tertiary/aromatic N) is 2. The van der Waals surface area contributed by atoms with Crippen LogP contribution in [0.1, 0.15) is 5.69 Å². The van der Waals surface area contributed by atoms with Gasteiger partial charge in [0.1, 0.15) is 0 Å². The molecule has 0 saturated carbocycles. The van der Waals surface area contributed by atoms with Crippen molar-refractivity contribution in [2.45, 2.75) is 6.54 Å². The maximum absolute atomic E-state index is 4.53. The van der Waals surface area contributed by atoms with Crippen LogP contribution in [-0.2, 0) is 6.54 Å². The Labute approximate surface area is 115 Å². The Hall–Kier alpha value is -0.980. The molecule has 3 rings (SSSR count). The monoisotopic (exact) mass is 325 g/mol. The zero-order chi connectivity index (χ0) is 11.7. The molecule has 3 aromatic rings. The normalized spacial score (nSPS) is 10.9. The van der Waals surface area contributed by atoms with Gasteiger partial charge in [-0.15, -0.1) is 11.3 Å². The lowest BCUT2D eigenvalue weighted by molar-refractivity contribution is 1.07. The van der Waals surface area contributed by atoms with Gasteiger partial charge in [-0.05, 0) is 18.2 Å². The standard InChI is InChI=1S/C11H8BrN3S2/c12-7-1-2-10-9(3-7)15-11(17-10)13-4-8-5-16-6-14-8/h1-3,5-6H,4H2,(H,13,15). The molecule has 0 unspecified atom stereocenters. The van der Waals surface area contributed by atoms with Crippen LogP contribution in [0.4, 0.5) is 5.13 Å². The summed E-state index contributed by atoms with van der Waals surface area (Å²) in [4.78, 5) is 8.75. The van der Waals surface area contributed by atoms with Crippen LogP contribution in [0, 0.1) is 0 Å². The maximum Gasteiger partial charge on any atom is 0.184 e. The highest BCUT2D eigenvalue weighted by molar-refractivity contribution is 9.10. The predicted octanol–water partition coefficient (Wildman–Crippen LogP) is 4.13. The van der Waals surface area contributed by atoms with Crippen molar-refractivity contribution in [2.24, 2.45) is 0 Å². The molecule has 1 N–H and O–H groups in total. The zero-order valence-corrected chi connectivity index (χ0v) is 11.9. The fraction of sp³-hybridized carbons (Fsp3) is 0.0909. The predicted molar refractivity (Wildman–Crippen MR) is 76.8 cm³/mol. The number of halogens is 1. The summed E-state index contributed by atoms with van der Waals surface area (Å²) in [6.07, 6.45) is 0. The fourth-order valence-corrected chi connectivity index (χ4v) is 3.22. The van der Waals surface area contributed by atoms with Crippen molar-refractivity contribution >= 4 is 54.0 Å². The number of rotatable bonds is 3. The number of hydrogen-bond donors (Lipinski definition) is 1. The van der Waals surface area contributed by atoms with Gasteiger partial charge in [-0.3, -0.25) is 0 Å². The highest BCUT2D eigenvalue weighted by Crippen LogP contribution is 2.28. The Morgan fingerprint density at radius 3 is 3.12 bits per heavy atom. The Kier molecular flexibility index (Phi) is 3.09. The Bertz CT molecular complexity index is 633. The van der Waals surface area contributed by atoms with Crippen molar-refractivity contribution < 1.29 is 0 Å². The Morgan fingerprint density at radius 1 is 1.35 bits per heavy atom. The molecule has 0 aliphatic heterocycles. The molecule has 2 heterocycles. The number of thiazole rings is 2. The van der Waals surface area contributed by atoms with Crippen LogP contribution in [0.5, 0.6) is 0 Å². The first kappa shape index (κ1) is 11.1. The van der Waals surface area contributed by atoms with E-state index < -0.39 is 0 Å². The van der Waals surface area contributed by atoms with Gasteiger partial charge in [-0.25, -0.2) is 9.97 Å². The molecule has 2 aromatic heterocycles. The lowest BCUT2D eigenvalue weighted by atomic mass is 10.3. The largest absolute Gasteiger partial charge is 0.356 e. The van der Waals surface area contributed by atoms with E-state index in [0.29, 0.717) is 0 Å². The van der Waals surface area contributed by atoms with Gasteiger partial charge in [0, 0.05) is 9.85 Å². The molecule has 86 valence electrons. The highest BCUT2D eigenvalue weighted by atomic mass is 79.9. The molecule has 0 bridgehead atoms. The first-order chi connectivity index (χ1) is 8.31. The van der Waals surface area contributed by atoms with Gasteiger partial charge >= 0.3 is 0 Å². The highest BCUT2D eigenvalue weighted by Gasteiger charge is 2.04. The van der Waals surface area contributed by atoms with Crippen LogP contribution in [0.15, 0.2) is 33.6 Å². The molecule has 0 amide bonds. The van der Waals surface area contributed by atoms with Crippen LogP contribution < -0.4 is 5.32 Å². The number of nitrogens with one attached hydrogen (secondary N) is 1. The second-order valence-electron chi connectivity index (χ2n) is 3.46. The van der Waals surface area contributed by atoms with Crippen LogP contribution in [0.2, 0.25) is 0 Å². The molecule has 17 heavy (non-hydrogen) atoms. The van der Waals surface area contributed by atoms with Gasteiger partial charge in [0.2, 0.25) is 0 Å². The van der Waals surface area contributed by atoms with Crippen LogP contribution in [-0.4, -0.2) is 9.97 Å². The molecular weight excluding hydrogens is 318 g/mol. The van der Waals surface area contributed by atoms with Gasteiger partial charge in [0.15, 0.2) is 5.13 Å². The summed E-state index contributed by atoms with van der Waals surface area (Å²) in [6, 6.07) is 6.13. The zero-order valence-electron chi connectivity index (χ0n) is 8.68. The van der Waals surface area contributed by atoms with Crippen LogP contribution >= 0.6 is 38.6 Å². The second-order valence-corrected chi connectivity index (χ2v) is 6.13. The molecule has 0 atom stereocenters. The van der Waals surface area contributed by atoms with Crippen LogP contribution in [0.25, 0.3) is 10.2 Å². The third kappa shape index (κ3) is 2.48. The molecule has 1 aromatic carbocycles. The summed E-state index contributed by atoms with van der Waals surface area (Å²) in [6.45, 7) is 0.727. The molecule has 0 radical (unpaired) electrons. The van der Waals surface area contributed by atoms with Crippen molar-refractivity contribution in [3.05, 3.63) is 39.3 Å². The average Bonchev–Trinajstić information content (AvgIpc) is 2.94. The summed E-state index contributed by atoms with van der Waals surface area (Å²) >= 11 is 6.72. The summed E-state index contributed by atoms with van der Waals surface area (Å²) in [5.41, 5.74) is 3.91. The van der Waals surface area contributed by atoms with E-state index in [1.807, 2.05) is 23.0 Å². The lowest BCUT2D eigenvalue weighted by Crippen LogP contribution is -1.98. The Balaban J connectivity index is 1.81. The van der Waals surface area contributed by atoms with Crippen molar-refractivity contribution in [2.75, 3.05) is 5.32 Å². The second kappa shape index (κ2) is 4.72. The van der Waals surface area contributed by atoms with Gasteiger partial charge in [0.05, 0.1) is 28.0 Å². The number of hydrogen-bond acceptors (Lipinski definition) is 5. The van der Waals surface area contributed by atoms with E-state index in [2.05, 4.69) is 37.3 Å². The number of fused-ring (bicyclic) bond motifs is 1. The van der Waals surface area contributed by atoms with Gasteiger partial charge in [-0.1, -0.05) is 27.3 Å². The van der Waals surface area contributed by atoms with E-state index in [-0.39, 0.29) is 0 Å². The van der Waals surface area contributed by atoms with E-state index in [9.17, 15) is 0 Å². The summed E-state index contributed by atoms with van der Waals surface area (Å²) < 4.78 is 2.25. The van der Waals surface area contributed by atoms with E-state index in [0.717, 1.165) is 27.4 Å². The van der Waals surface area contributed by atoms with Crippen molar-refractivity contribution in [1.29, 1.82) is 0 Å². The minimum atomic E-state index is 0.727. The molecule has 0 spiro atoms. The third-order valence-corrected chi connectivity index (χ3v) is 4.38. The van der Waals surface area contributed by atoms with Crippen molar-refractivity contribution in [1.82, 2.24) is 9.97 Å². The van der Waals surface area contributed by atoms with Crippen molar-refractivity contribution in [3.8, 4) is 0 Å². The van der Waals surface area contributed by atoms with Crippen LogP contribution in [0.3, 0.4) is 0 Å². The third-order valence-electron chi connectivity index (χ3n) is 2.25. The van der Waals surface area contributed by atoms with Gasteiger partial charge < -0.3 is 5.32 Å². The molecule has 0 aliphatic rings. The molecule has 3 nitrogen and oxygen atoms in total. The fourth-order valence-electron chi connectivity index (χ4n) is 1.47. The molecule has 0 fully saturated rings. The summed E-state index contributed by atoms with van der Waals surface area (Å²) in [5, 5.41) is 6.27. The number of benzene rings is 1. The molecule has 6 heteroatoms. The topological polar surface area (TPSA) is 37.8 Å². The number of anilines is 1. The quantitative estimate of drug-likeness (QED) is 0.786. The van der Waals surface area contributed by atoms with E-state index in [1.165, 1.54) is 4.70 Å². The van der Waals surface area contributed by atoms with Gasteiger partial charge in [0.25, 0.3) is 0 Å². The van der Waals surface area contributed by atoms with E-state index >= 15 is 0 Å². The molecular formula is C11H8BrN3S2. The number of aromatic nitrogens is 2.